The summed E-state index contributed by atoms with van der Waals surface area (Å²) in [6, 6.07) is 17.1. The maximum atomic E-state index is 12.6. The maximum Gasteiger partial charge on any atom is 0.192 e. The number of aromatic nitrogens is 3. The number of thioether (sulfide) groups is 1. The summed E-state index contributed by atoms with van der Waals surface area (Å²) in [7, 11) is 0. The van der Waals surface area contributed by atoms with Crippen LogP contribution in [0.3, 0.4) is 0 Å². The molecule has 0 amide bonds. The molecular formula is C21H16ClN3OS. The second-order valence-electron chi connectivity index (χ2n) is 6.17. The van der Waals surface area contributed by atoms with Crippen LogP contribution in [0.25, 0.3) is 33.4 Å². The minimum Gasteiger partial charge on any atom is -0.334 e. The Morgan fingerprint density at radius 1 is 1.00 bits per heavy atom. The SMILES string of the molecule is CSc1cc(=O)c2cc(-c3cc(C)nc(Cl)c3)c(-c3ccccc3)nc2[nH]1. The van der Waals surface area contributed by atoms with Crippen molar-refractivity contribution in [1.82, 2.24) is 15.0 Å². The first-order valence-electron chi connectivity index (χ1n) is 8.37. The van der Waals surface area contributed by atoms with Crippen LogP contribution in [0, 0.1) is 6.92 Å². The monoisotopic (exact) mass is 393 g/mol. The molecule has 0 aliphatic heterocycles. The summed E-state index contributed by atoms with van der Waals surface area (Å²) in [5.41, 5.74) is 4.82. The number of nitrogens with one attached hydrogen (secondary N) is 1. The summed E-state index contributed by atoms with van der Waals surface area (Å²) in [5.74, 6) is 0. The van der Waals surface area contributed by atoms with Crippen molar-refractivity contribution in [2.24, 2.45) is 0 Å². The first kappa shape index (κ1) is 17.8. The highest BCUT2D eigenvalue weighted by molar-refractivity contribution is 7.98. The molecule has 1 aromatic carbocycles. The van der Waals surface area contributed by atoms with Crippen LogP contribution < -0.4 is 5.43 Å². The summed E-state index contributed by atoms with van der Waals surface area (Å²) < 4.78 is 0. The van der Waals surface area contributed by atoms with Gasteiger partial charge in [-0.15, -0.1) is 11.8 Å². The number of aromatic amines is 1. The molecule has 6 heteroatoms. The highest BCUT2D eigenvalue weighted by atomic mass is 35.5. The average Bonchev–Trinajstić information content (AvgIpc) is 2.67. The van der Waals surface area contributed by atoms with E-state index in [9.17, 15) is 4.79 Å². The summed E-state index contributed by atoms with van der Waals surface area (Å²) in [5, 5.41) is 1.75. The van der Waals surface area contributed by atoms with E-state index in [0.29, 0.717) is 16.2 Å². The molecule has 0 saturated heterocycles. The summed E-state index contributed by atoms with van der Waals surface area (Å²) in [6.45, 7) is 1.89. The van der Waals surface area contributed by atoms with Crippen molar-refractivity contribution in [3.8, 4) is 22.4 Å². The van der Waals surface area contributed by atoms with Gasteiger partial charge in [0, 0.05) is 22.9 Å². The van der Waals surface area contributed by atoms with Gasteiger partial charge in [0.2, 0.25) is 0 Å². The maximum absolute atomic E-state index is 12.6. The van der Waals surface area contributed by atoms with Gasteiger partial charge in [-0.3, -0.25) is 4.79 Å². The number of nitrogens with zero attached hydrogens (tertiary/aromatic N) is 2. The Morgan fingerprint density at radius 2 is 1.78 bits per heavy atom. The fourth-order valence-corrected chi connectivity index (χ4v) is 3.75. The lowest BCUT2D eigenvalue weighted by Gasteiger charge is -2.12. The normalized spacial score (nSPS) is 11.1. The molecule has 0 spiro atoms. The van der Waals surface area contributed by atoms with Gasteiger partial charge in [0.25, 0.3) is 0 Å². The van der Waals surface area contributed by atoms with Crippen LogP contribution in [0.1, 0.15) is 5.69 Å². The van der Waals surface area contributed by atoms with Gasteiger partial charge in [-0.05, 0) is 36.9 Å². The van der Waals surface area contributed by atoms with E-state index in [-0.39, 0.29) is 5.43 Å². The molecule has 3 aromatic heterocycles. The highest BCUT2D eigenvalue weighted by Crippen LogP contribution is 2.33. The first-order chi connectivity index (χ1) is 13.0. The molecule has 27 heavy (non-hydrogen) atoms. The van der Waals surface area contributed by atoms with Crippen molar-refractivity contribution in [1.29, 1.82) is 0 Å². The Kier molecular flexibility index (Phi) is 4.72. The molecule has 0 unspecified atom stereocenters. The molecule has 0 saturated carbocycles. The molecule has 0 fully saturated rings. The quantitative estimate of drug-likeness (QED) is 0.377. The predicted molar refractivity (Wildman–Crippen MR) is 113 cm³/mol. The summed E-state index contributed by atoms with van der Waals surface area (Å²) in [6.07, 6.45) is 1.92. The van der Waals surface area contributed by atoms with Gasteiger partial charge in [-0.1, -0.05) is 41.9 Å². The van der Waals surface area contributed by atoms with Crippen LogP contribution >= 0.6 is 23.4 Å². The van der Waals surface area contributed by atoms with E-state index >= 15 is 0 Å². The van der Waals surface area contributed by atoms with Crippen molar-refractivity contribution in [3.63, 3.8) is 0 Å². The third-order valence-electron chi connectivity index (χ3n) is 4.29. The lowest BCUT2D eigenvalue weighted by molar-refractivity contribution is 1.14. The van der Waals surface area contributed by atoms with E-state index in [1.165, 1.54) is 11.8 Å². The Bertz CT molecular complexity index is 1190. The van der Waals surface area contributed by atoms with Crippen LogP contribution in [0.4, 0.5) is 0 Å². The van der Waals surface area contributed by atoms with Gasteiger partial charge < -0.3 is 4.98 Å². The number of benzene rings is 1. The van der Waals surface area contributed by atoms with Crippen LogP contribution in [-0.4, -0.2) is 21.2 Å². The van der Waals surface area contributed by atoms with Crippen LogP contribution in [-0.2, 0) is 0 Å². The number of rotatable bonds is 3. The average molecular weight is 394 g/mol. The van der Waals surface area contributed by atoms with Crippen molar-refractivity contribution in [3.05, 3.63) is 75.7 Å². The standard InChI is InChI=1S/C21H16ClN3OS/c1-12-8-14(9-18(22)23-12)15-10-16-17(26)11-19(27-2)24-21(16)25-20(15)13-6-4-3-5-7-13/h3-11H,1-2H3,(H,24,25,26). The fraction of sp³-hybridized carbons (Fsp3) is 0.0952. The number of hydrogen-bond donors (Lipinski definition) is 1. The first-order valence-corrected chi connectivity index (χ1v) is 9.97. The van der Waals surface area contributed by atoms with E-state index in [1.807, 2.05) is 55.6 Å². The molecule has 0 bridgehead atoms. The molecule has 4 aromatic rings. The molecule has 0 aliphatic rings. The predicted octanol–water partition coefficient (Wildman–Crippen LogP) is 5.34. The zero-order valence-electron chi connectivity index (χ0n) is 14.8. The number of halogens is 1. The minimum atomic E-state index is -0.0571. The van der Waals surface area contributed by atoms with E-state index in [1.54, 1.807) is 12.1 Å². The summed E-state index contributed by atoms with van der Waals surface area (Å²) in [4.78, 5) is 24.9. The zero-order valence-corrected chi connectivity index (χ0v) is 16.4. The van der Waals surface area contributed by atoms with Gasteiger partial charge >= 0.3 is 0 Å². The van der Waals surface area contributed by atoms with E-state index in [2.05, 4.69) is 9.97 Å². The molecule has 0 atom stereocenters. The van der Waals surface area contributed by atoms with E-state index in [0.717, 1.165) is 33.1 Å². The lowest BCUT2D eigenvalue weighted by Crippen LogP contribution is -2.05. The van der Waals surface area contributed by atoms with Crippen LogP contribution in [0.5, 0.6) is 0 Å². The number of pyridine rings is 3. The minimum absolute atomic E-state index is 0.0571. The van der Waals surface area contributed by atoms with Crippen molar-refractivity contribution in [2.75, 3.05) is 6.26 Å². The van der Waals surface area contributed by atoms with Crippen LogP contribution in [0.15, 0.2) is 64.4 Å². The lowest BCUT2D eigenvalue weighted by atomic mass is 9.98. The smallest absolute Gasteiger partial charge is 0.192 e. The third-order valence-corrected chi connectivity index (χ3v) is 5.15. The topological polar surface area (TPSA) is 58.6 Å². The second-order valence-corrected chi connectivity index (χ2v) is 7.40. The Balaban J connectivity index is 2.09. The zero-order chi connectivity index (χ0) is 19.0. The molecule has 0 radical (unpaired) electrons. The molecule has 4 rings (SSSR count). The van der Waals surface area contributed by atoms with Crippen molar-refractivity contribution >= 4 is 34.4 Å². The molecule has 134 valence electrons. The number of hydrogen-bond acceptors (Lipinski definition) is 4. The van der Waals surface area contributed by atoms with E-state index < -0.39 is 0 Å². The molecular weight excluding hydrogens is 378 g/mol. The van der Waals surface area contributed by atoms with Gasteiger partial charge in [-0.25, -0.2) is 9.97 Å². The highest BCUT2D eigenvalue weighted by Gasteiger charge is 2.15. The van der Waals surface area contributed by atoms with Crippen molar-refractivity contribution < 1.29 is 0 Å². The number of fused-ring (bicyclic) bond motifs is 1. The fourth-order valence-electron chi connectivity index (χ4n) is 3.08. The third kappa shape index (κ3) is 3.48. The number of aryl methyl sites for hydroxylation is 1. The van der Waals surface area contributed by atoms with Gasteiger partial charge in [-0.2, -0.15) is 0 Å². The molecule has 0 aliphatic carbocycles. The van der Waals surface area contributed by atoms with Crippen molar-refractivity contribution in [2.45, 2.75) is 11.9 Å². The van der Waals surface area contributed by atoms with Crippen LogP contribution in [0.2, 0.25) is 5.15 Å². The largest absolute Gasteiger partial charge is 0.334 e. The number of H-pyrrole nitrogens is 1. The Morgan fingerprint density at radius 3 is 2.48 bits per heavy atom. The Labute approximate surface area is 165 Å². The molecule has 4 nitrogen and oxygen atoms in total. The summed E-state index contributed by atoms with van der Waals surface area (Å²) >= 11 is 7.67. The van der Waals surface area contributed by atoms with Gasteiger partial charge in [0.05, 0.1) is 16.1 Å². The molecule has 3 heterocycles. The second kappa shape index (κ2) is 7.18. The van der Waals surface area contributed by atoms with E-state index in [4.69, 9.17) is 16.6 Å². The van der Waals surface area contributed by atoms with Gasteiger partial charge in [0.15, 0.2) is 5.43 Å². The Hall–Kier alpha value is -2.63. The van der Waals surface area contributed by atoms with Gasteiger partial charge in [0.1, 0.15) is 10.8 Å². The molecule has 1 N–H and O–H groups in total.